The molecule has 118 valence electrons. The summed E-state index contributed by atoms with van der Waals surface area (Å²) in [5, 5.41) is 1.60. The molecule has 0 unspecified atom stereocenters. The van der Waals surface area contributed by atoms with E-state index in [-0.39, 0.29) is 13.2 Å². The highest BCUT2D eigenvalue weighted by molar-refractivity contribution is 6.10. The first kappa shape index (κ1) is 15.6. The van der Waals surface area contributed by atoms with Crippen molar-refractivity contribution in [2.45, 2.75) is 13.8 Å². The van der Waals surface area contributed by atoms with Gasteiger partial charge in [-0.25, -0.2) is 0 Å². The van der Waals surface area contributed by atoms with Gasteiger partial charge in [-0.3, -0.25) is 9.97 Å². The lowest BCUT2D eigenvalue weighted by Gasteiger charge is -2.16. The number of fused-ring (bicyclic) bond motifs is 3. The molecular formula is C20H16N2O2. The van der Waals surface area contributed by atoms with Gasteiger partial charge < -0.3 is 9.47 Å². The predicted octanol–water partition coefficient (Wildman–Crippen LogP) is 3.42. The van der Waals surface area contributed by atoms with Crippen LogP contribution in [-0.2, 0) is 0 Å². The Bertz CT molecular complexity index is 927. The Morgan fingerprint density at radius 2 is 1.21 bits per heavy atom. The summed E-state index contributed by atoms with van der Waals surface area (Å²) in [7, 11) is 0. The van der Waals surface area contributed by atoms with Gasteiger partial charge in [0.15, 0.2) is 11.5 Å². The predicted molar refractivity (Wildman–Crippen MR) is 95.2 cm³/mol. The molecule has 3 aromatic rings. The van der Waals surface area contributed by atoms with Crippen molar-refractivity contribution in [1.82, 2.24) is 9.97 Å². The summed E-state index contributed by atoms with van der Waals surface area (Å²) in [5.74, 6) is 6.05. The molecule has 2 heterocycles. The van der Waals surface area contributed by atoms with E-state index in [0.29, 0.717) is 11.5 Å². The summed E-state index contributed by atoms with van der Waals surface area (Å²) < 4.78 is 11.6. The van der Waals surface area contributed by atoms with Crippen LogP contribution in [0.25, 0.3) is 21.8 Å². The van der Waals surface area contributed by atoms with Gasteiger partial charge in [0.25, 0.3) is 0 Å². The first-order valence-electron chi connectivity index (χ1n) is 7.49. The number of hydrogen-bond acceptors (Lipinski definition) is 4. The molecule has 2 aromatic heterocycles. The number of aromatic nitrogens is 2. The Hall–Kier alpha value is -3.24. The Morgan fingerprint density at radius 3 is 1.58 bits per heavy atom. The second kappa shape index (κ2) is 6.48. The first-order valence-corrected chi connectivity index (χ1v) is 7.49. The van der Waals surface area contributed by atoms with E-state index in [1.807, 2.05) is 38.1 Å². The smallest absolute Gasteiger partial charge is 0.172 e. The molecule has 0 aliphatic heterocycles. The van der Waals surface area contributed by atoms with E-state index in [1.165, 1.54) is 0 Å². The number of nitrogens with zero attached hydrogens (tertiary/aromatic N) is 2. The number of aryl methyl sites for hydroxylation is 2. The van der Waals surface area contributed by atoms with Crippen molar-refractivity contribution < 1.29 is 9.47 Å². The summed E-state index contributed by atoms with van der Waals surface area (Å²) in [6, 6.07) is 7.71. The van der Waals surface area contributed by atoms with E-state index in [9.17, 15) is 0 Å². The molecule has 3 rings (SSSR count). The van der Waals surface area contributed by atoms with Gasteiger partial charge in [-0.15, -0.1) is 12.8 Å². The second-order valence-electron chi connectivity index (χ2n) is 5.34. The summed E-state index contributed by atoms with van der Waals surface area (Å²) in [4.78, 5) is 9.29. The van der Waals surface area contributed by atoms with Crippen molar-refractivity contribution in [3.63, 3.8) is 0 Å². The SMILES string of the molecule is C#CCOc1c(OCC#C)c2ccc(C)nc2c2nc(C)ccc12. The molecule has 0 aliphatic rings. The van der Waals surface area contributed by atoms with Crippen LogP contribution in [-0.4, -0.2) is 23.2 Å². The number of hydrogen-bond donors (Lipinski definition) is 0. The molecule has 0 N–H and O–H groups in total. The highest BCUT2D eigenvalue weighted by atomic mass is 16.5. The third-order valence-electron chi connectivity index (χ3n) is 3.59. The molecule has 0 radical (unpaired) electrons. The van der Waals surface area contributed by atoms with E-state index in [0.717, 1.165) is 33.2 Å². The van der Waals surface area contributed by atoms with E-state index in [1.54, 1.807) is 0 Å². The Labute approximate surface area is 140 Å². The van der Waals surface area contributed by atoms with E-state index in [4.69, 9.17) is 22.3 Å². The average molecular weight is 316 g/mol. The largest absolute Gasteiger partial charge is 0.476 e. The fourth-order valence-electron chi connectivity index (χ4n) is 2.60. The minimum atomic E-state index is 0.125. The molecular weight excluding hydrogens is 300 g/mol. The zero-order valence-corrected chi connectivity index (χ0v) is 13.6. The van der Waals surface area contributed by atoms with Crippen molar-refractivity contribution in [3.8, 4) is 36.2 Å². The summed E-state index contributed by atoms with van der Waals surface area (Å²) in [6.45, 7) is 4.12. The quantitative estimate of drug-likeness (QED) is 0.546. The third-order valence-corrected chi connectivity index (χ3v) is 3.59. The molecule has 4 heteroatoms. The molecule has 0 aliphatic carbocycles. The van der Waals surface area contributed by atoms with Crippen LogP contribution in [0.2, 0.25) is 0 Å². The molecule has 24 heavy (non-hydrogen) atoms. The highest BCUT2D eigenvalue weighted by Gasteiger charge is 2.19. The zero-order chi connectivity index (χ0) is 17.1. The van der Waals surface area contributed by atoms with Crippen LogP contribution in [0, 0.1) is 38.5 Å². The van der Waals surface area contributed by atoms with Gasteiger partial charge >= 0.3 is 0 Å². The van der Waals surface area contributed by atoms with Gasteiger partial charge in [0, 0.05) is 22.2 Å². The zero-order valence-electron chi connectivity index (χ0n) is 13.6. The summed E-state index contributed by atoms with van der Waals surface area (Å²) in [5.41, 5.74) is 3.31. The topological polar surface area (TPSA) is 44.2 Å². The van der Waals surface area contributed by atoms with Gasteiger partial charge in [-0.05, 0) is 38.1 Å². The second-order valence-corrected chi connectivity index (χ2v) is 5.34. The van der Waals surface area contributed by atoms with Gasteiger partial charge in [0.2, 0.25) is 0 Å². The average Bonchev–Trinajstić information content (AvgIpc) is 2.58. The number of ether oxygens (including phenoxy) is 2. The fraction of sp³-hybridized carbons (Fsp3) is 0.200. The van der Waals surface area contributed by atoms with Gasteiger partial charge in [0.05, 0.1) is 0 Å². The van der Waals surface area contributed by atoms with Crippen LogP contribution >= 0.6 is 0 Å². The fourth-order valence-corrected chi connectivity index (χ4v) is 2.60. The number of terminal acetylenes is 2. The standard InChI is InChI=1S/C20H16N2O2/c1-5-11-23-19-15-9-7-13(3)21-17(15)18-16(10-8-14(4)22-18)20(19)24-12-6-2/h1-2,7-10H,11-12H2,3-4H3. The molecule has 0 spiro atoms. The third kappa shape index (κ3) is 2.71. The summed E-state index contributed by atoms with van der Waals surface area (Å²) in [6.07, 6.45) is 10.7. The molecule has 0 atom stereocenters. The van der Waals surface area contributed by atoms with Crippen LogP contribution in [0.4, 0.5) is 0 Å². The molecule has 0 saturated carbocycles. The van der Waals surface area contributed by atoms with E-state index in [2.05, 4.69) is 21.8 Å². The maximum atomic E-state index is 5.78. The van der Waals surface area contributed by atoms with Crippen LogP contribution in [0.15, 0.2) is 24.3 Å². The van der Waals surface area contributed by atoms with Gasteiger partial charge in [0.1, 0.15) is 24.2 Å². The van der Waals surface area contributed by atoms with E-state index < -0.39 is 0 Å². The molecule has 0 fully saturated rings. The van der Waals surface area contributed by atoms with Gasteiger partial charge in [-0.1, -0.05) is 11.8 Å². The monoisotopic (exact) mass is 316 g/mol. The lowest BCUT2D eigenvalue weighted by molar-refractivity contribution is 0.321. The normalized spacial score (nSPS) is 10.3. The maximum Gasteiger partial charge on any atom is 0.172 e. The van der Waals surface area contributed by atoms with Crippen molar-refractivity contribution in [3.05, 3.63) is 35.7 Å². The maximum absolute atomic E-state index is 5.78. The number of benzene rings is 1. The molecule has 1 aromatic carbocycles. The van der Waals surface area contributed by atoms with Crippen LogP contribution in [0.3, 0.4) is 0 Å². The lowest BCUT2D eigenvalue weighted by atomic mass is 10.1. The van der Waals surface area contributed by atoms with Crippen LogP contribution in [0.1, 0.15) is 11.4 Å². The first-order chi connectivity index (χ1) is 11.7. The van der Waals surface area contributed by atoms with Crippen LogP contribution < -0.4 is 9.47 Å². The van der Waals surface area contributed by atoms with E-state index >= 15 is 0 Å². The van der Waals surface area contributed by atoms with Gasteiger partial charge in [-0.2, -0.15) is 0 Å². The van der Waals surface area contributed by atoms with Crippen molar-refractivity contribution in [2.24, 2.45) is 0 Å². The highest BCUT2D eigenvalue weighted by Crippen LogP contribution is 2.42. The van der Waals surface area contributed by atoms with Crippen LogP contribution in [0.5, 0.6) is 11.5 Å². The molecule has 0 bridgehead atoms. The van der Waals surface area contributed by atoms with Crippen molar-refractivity contribution in [1.29, 1.82) is 0 Å². The Balaban J connectivity index is 2.43. The lowest BCUT2D eigenvalue weighted by Crippen LogP contribution is -2.03. The minimum absolute atomic E-state index is 0.125. The molecule has 4 nitrogen and oxygen atoms in total. The number of rotatable bonds is 4. The Morgan fingerprint density at radius 1 is 0.792 bits per heavy atom. The summed E-state index contributed by atoms with van der Waals surface area (Å²) >= 11 is 0. The number of pyridine rings is 2. The van der Waals surface area contributed by atoms with Crippen molar-refractivity contribution >= 4 is 21.8 Å². The Kier molecular flexibility index (Phi) is 4.22. The van der Waals surface area contributed by atoms with Crippen molar-refractivity contribution in [2.75, 3.05) is 13.2 Å². The minimum Gasteiger partial charge on any atom is -0.476 e. The molecule has 0 saturated heterocycles. The molecule has 0 amide bonds.